The summed E-state index contributed by atoms with van der Waals surface area (Å²) in [7, 11) is 3.72. The quantitative estimate of drug-likeness (QED) is 0.597. The molecule has 1 N–H and O–H groups in total. The lowest BCUT2D eigenvalue weighted by molar-refractivity contribution is -0.384. The van der Waals surface area contributed by atoms with E-state index in [2.05, 4.69) is 15.3 Å². The summed E-state index contributed by atoms with van der Waals surface area (Å²) in [5, 5.41) is 18.0. The molecule has 0 saturated carbocycles. The first-order valence-electron chi connectivity index (χ1n) is 5.19. The first-order chi connectivity index (χ1) is 7.56. The van der Waals surface area contributed by atoms with Gasteiger partial charge in [-0.25, -0.2) is 0 Å². The number of nitrogens with one attached hydrogen (secondary N) is 1. The largest absolute Gasteiger partial charge is 0.359 e. The second-order valence-electron chi connectivity index (χ2n) is 4.19. The van der Waals surface area contributed by atoms with Crippen LogP contribution in [0.1, 0.15) is 6.42 Å². The lowest BCUT2D eigenvalue weighted by Gasteiger charge is -2.11. The molecule has 7 nitrogen and oxygen atoms in total. The molecule has 88 valence electrons. The predicted octanol–water partition coefficient (Wildman–Crippen LogP) is 0.444. The SMILES string of the molecule is CN1CCC(Nc2nn(C)cc2[N+](=O)[O-])C1. The topological polar surface area (TPSA) is 76.2 Å². The van der Waals surface area contributed by atoms with Crippen molar-refractivity contribution in [2.24, 2.45) is 7.05 Å². The molecule has 16 heavy (non-hydrogen) atoms. The van der Waals surface area contributed by atoms with E-state index in [9.17, 15) is 10.1 Å². The van der Waals surface area contributed by atoms with Gasteiger partial charge in [0.2, 0.25) is 5.82 Å². The molecular weight excluding hydrogens is 210 g/mol. The fourth-order valence-corrected chi connectivity index (χ4v) is 1.96. The summed E-state index contributed by atoms with van der Waals surface area (Å²) in [5.74, 6) is 0.368. The molecule has 1 aliphatic heterocycles. The fourth-order valence-electron chi connectivity index (χ4n) is 1.96. The first kappa shape index (κ1) is 10.9. The number of nitro groups is 1. The number of aryl methyl sites for hydroxylation is 1. The number of anilines is 1. The minimum Gasteiger partial charge on any atom is -0.359 e. The van der Waals surface area contributed by atoms with E-state index >= 15 is 0 Å². The highest BCUT2D eigenvalue weighted by atomic mass is 16.6. The van der Waals surface area contributed by atoms with Crippen molar-refractivity contribution >= 4 is 11.5 Å². The van der Waals surface area contributed by atoms with E-state index < -0.39 is 4.92 Å². The number of aromatic nitrogens is 2. The third kappa shape index (κ3) is 2.13. The lowest BCUT2D eigenvalue weighted by Crippen LogP contribution is -2.24. The molecule has 2 heterocycles. The van der Waals surface area contributed by atoms with Gasteiger partial charge in [-0.3, -0.25) is 14.8 Å². The summed E-state index contributed by atoms with van der Waals surface area (Å²) in [6.07, 6.45) is 2.41. The Balaban J connectivity index is 2.11. The van der Waals surface area contributed by atoms with Crippen LogP contribution in [-0.2, 0) is 7.05 Å². The normalized spacial score (nSPS) is 21.2. The standard InChI is InChI=1S/C9H15N5O2/c1-12-4-3-7(5-12)10-9-8(14(15)16)6-13(2)11-9/h6-7H,3-5H2,1-2H3,(H,10,11). The van der Waals surface area contributed by atoms with Crippen LogP contribution < -0.4 is 5.32 Å². The maximum absolute atomic E-state index is 10.8. The van der Waals surface area contributed by atoms with Crippen molar-refractivity contribution in [3.8, 4) is 0 Å². The summed E-state index contributed by atoms with van der Waals surface area (Å²) in [6, 6.07) is 0.249. The minimum atomic E-state index is -0.409. The molecule has 0 amide bonds. The Hall–Kier alpha value is -1.63. The summed E-state index contributed by atoms with van der Waals surface area (Å²) in [4.78, 5) is 12.6. The summed E-state index contributed by atoms with van der Waals surface area (Å²) >= 11 is 0. The molecule has 7 heteroatoms. The van der Waals surface area contributed by atoms with Gasteiger partial charge in [0, 0.05) is 19.6 Å². The van der Waals surface area contributed by atoms with E-state index in [0.29, 0.717) is 5.82 Å². The number of hydrogen-bond donors (Lipinski definition) is 1. The monoisotopic (exact) mass is 225 g/mol. The highest BCUT2D eigenvalue weighted by molar-refractivity contribution is 5.55. The van der Waals surface area contributed by atoms with Crippen LogP contribution in [0.4, 0.5) is 11.5 Å². The summed E-state index contributed by atoms with van der Waals surface area (Å²) in [5.41, 5.74) is 0.0389. The van der Waals surface area contributed by atoms with Crippen LogP contribution in [0, 0.1) is 10.1 Å². The summed E-state index contributed by atoms with van der Waals surface area (Å²) < 4.78 is 1.46. The highest BCUT2D eigenvalue weighted by Crippen LogP contribution is 2.23. The Labute approximate surface area is 93.2 Å². The zero-order valence-corrected chi connectivity index (χ0v) is 9.38. The number of rotatable bonds is 3. The second-order valence-corrected chi connectivity index (χ2v) is 4.19. The molecule has 1 saturated heterocycles. The van der Waals surface area contributed by atoms with E-state index in [1.807, 2.05) is 7.05 Å². The van der Waals surface area contributed by atoms with Crippen LogP contribution in [0.5, 0.6) is 0 Å². The Morgan fingerprint density at radius 2 is 2.38 bits per heavy atom. The van der Waals surface area contributed by atoms with Gasteiger partial charge in [0.15, 0.2) is 0 Å². The minimum absolute atomic E-state index is 0.0389. The van der Waals surface area contributed by atoms with Gasteiger partial charge in [0.05, 0.1) is 4.92 Å². The fraction of sp³-hybridized carbons (Fsp3) is 0.667. The first-order valence-corrected chi connectivity index (χ1v) is 5.19. The molecule has 0 radical (unpaired) electrons. The maximum atomic E-state index is 10.8. The van der Waals surface area contributed by atoms with E-state index in [0.717, 1.165) is 19.5 Å². The smallest absolute Gasteiger partial charge is 0.330 e. The van der Waals surface area contributed by atoms with Crippen LogP contribution in [0.15, 0.2) is 6.20 Å². The van der Waals surface area contributed by atoms with Gasteiger partial charge < -0.3 is 10.2 Å². The second kappa shape index (κ2) is 4.09. The van der Waals surface area contributed by atoms with Gasteiger partial charge in [0.25, 0.3) is 0 Å². The Bertz CT molecular complexity index is 403. The van der Waals surface area contributed by atoms with Gasteiger partial charge >= 0.3 is 5.69 Å². The molecule has 0 aliphatic carbocycles. The van der Waals surface area contributed by atoms with Gasteiger partial charge in [-0.15, -0.1) is 5.10 Å². The van der Waals surface area contributed by atoms with Crippen LogP contribution >= 0.6 is 0 Å². The van der Waals surface area contributed by atoms with Gasteiger partial charge in [-0.05, 0) is 20.0 Å². The third-order valence-electron chi connectivity index (χ3n) is 2.74. The molecule has 1 fully saturated rings. The maximum Gasteiger partial charge on any atom is 0.330 e. The predicted molar refractivity (Wildman–Crippen MR) is 59.4 cm³/mol. The molecule has 0 bridgehead atoms. The Morgan fingerprint density at radius 3 is 2.94 bits per heavy atom. The molecule has 1 aromatic rings. The lowest BCUT2D eigenvalue weighted by atomic mass is 10.2. The van der Waals surface area contributed by atoms with E-state index in [1.165, 1.54) is 10.9 Å². The average Bonchev–Trinajstić information content (AvgIpc) is 2.74. The highest BCUT2D eigenvalue weighted by Gasteiger charge is 2.24. The number of likely N-dealkylation sites (tertiary alicyclic amines) is 1. The molecular formula is C9H15N5O2. The van der Waals surface area contributed by atoms with Crippen molar-refractivity contribution in [1.82, 2.24) is 14.7 Å². The van der Waals surface area contributed by atoms with Gasteiger partial charge in [-0.2, -0.15) is 0 Å². The van der Waals surface area contributed by atoms with Crippen molar-refractivity contribution in [3.05, 3.63) is 16.3 Å². The molecule has 1 aromatic heterocycles. The molecule has 0 spiro atoms. The Kier molecular flexibility index (Phi) is 2.78. The summed E-state index contributed by atoms with van der Waals surface area (Å²) in [6.45, 7) is 1.91. The van der Waals surface area contributed by atoms with Crippen molar-refractivity contribution in [2.75, 3.05) is 25.5 Å². The molecule has 1 unspecified atom stereocenters. The van der Waals surface area contributed by atoms with Gasteiger partial charge in [0.1, 0.15) is 6.20 Å². The van der Waals surface area contributed by atoms with Crippen LogP contribution in [0.3, 0.4) is 0 Å². The Morgan fingerprint density at radius 1 is 1.62 bits per heavy atom. The molecule has 0 aromatic carbocycles. The number of nitrogens with zero attached hydrogens (tertiary/aromatic N) is 4. The number of hydrogen-bond acceptors (Lipinski definition) is 5. The van der Waals surface area contributed by atoms with Crippen LogP contribution in [0.25, 0.3) is 0 Å². The van der Waals surface area contributed by atoms with Crippen molar-refractivity contribution in [2.45, 2.75) is 12.5 Å². The third-order valence-corrected chi connectivity index (χ3v) is 2.74. The zero-order valence-electron chi connectivity index (χ0n) is 9.38. The van der Waals surface area contributed by atoms with E-state index in [-0.39, 0.29) is 11.7 Å². The molecule has 1 aliphatic rings. The molecule has 2 rings (SSSR count). The van der Waals surface area contributed by atoms with Crippen molar-refractivity contribution in [3.63, 3.8) is 0 Å². The van der Waals surface area contributed by atoms with Crippen LogP contribution in [0.2, 0.25) is 0 Å². The van der Waals surface area contributed by atoms with E-state index in [4.69, 9.17) is 0 Å². The molecule has 1 atom stereocenters. The average molecular weight is 225 g/mol. The van der Waals surface area contributed by atoms with Crippen molar-refractivity contribution in [1.29, 1.82) is 0 Å². The zero-order chi connectivity index (χ0) is 11.7. The van der Waals surface area contributed by atoms with Crippen molar-refractivity contribution < 1.29 is 4.92 Å². The van der Waals surface area contributed by atoms with Crippen LogP contribution in [-0.4, -0.2) is 45.8 Å². The van der Waals surface area contributed by atoms with E-state index in [1.54, 1.807) is 7.05 Å². The van der Waals surface area contributed by atoms with Gasteiger partial charge in [-0.1, -0.05) is 0 Å². The number of likely N-dealkylation sites (N-methyl/N-ethyl adjacent to an activating group) is 1.